The normalized spacial score (nSPS) is 11.6. The molecular weight excluding hydrogens is 599 g/mol. The van der Waals surface area contributed by atoms with E-state index < -0.39 is 5.41 Å². The van der Waals surface area contributed by atoms with Gasteiger partial charge in [0.15, 0.2) is 0 Å². The fraction of sp³-hybridized carbons (Fsp3) is 0.103. The van der Waals surface area contributed by atoms with E-state index in [0.717, 1.165) is 44.6 Å². The average Bonchev–Trinajstić information content (AvgIpc) is 3.46. The van der Waals surface area contributed by atoms with E-state index >= 15 is 0 Å². The van der Waals surface area contributed by atoms with Crippen molar-refractivity contribution in [3.8, 4) is 11.4 Å². The number of hydrogen-bond acceptors (Lipinski definition) is 2. The van der Waals surface area contributed by atoms with E-state index in [0.29, 0.717) is 0 Å². The first-order valence-electron chi connectivity index (χ1n) is 11.1. The summed E-state index contributed by atoms with van der Waals surface area (Å²) in [5.74, 6) is 0. The van der Waals surface area contributed by atoms with Crippen LogP contribution in [0.25, 0.3) is 33.2 Å². The number of nitrogens with zero attached hydrogens (tertiary/aromatic N) is 4. The van der Waals surface area contributed by atoms with Gasteiger partial charge in [0.05, 0.1) is 27.8 Å². The first-order valence-corrected chi connectivity index (χ1v) is 11.1. The molecule has 0 bridgehead atoms. The van der Waals surface area contributed by atoms with Gasteiger partial charge in [-0.15, -0.1) is 12.1 Å². The van der Waals surface area contributed by atoms with Gasteiger partial charge in [-0.1, -0.05) is 36.4 Å². The van der Waals surface area contributed by atoms with Gasteiger partial charge < -0.3 is 0 Å². The summed E-state index contributed by atoms with van der Waals surface area (Å²) in [5, 5.41) is 12.5. The predicted molar refractivity (Wildman–Crippen MR) is 132 cm³/mol. The molecule has 168 valence electrons. The Morgan fingerprint density at radius 1 is 0.588 bits per heavy atom. The van der Waals surface area contributed by atoms with E-state index in [1.54, 1.807) is 0 Å². The van der Waals surface area contributed by atoms with Crippen molar-refractivity contribution in [2.45, 2.75) is 19.3 Å². The average molecular weight is 622 g/mol. The van der Waals surface area contributed by atoms with E-state index in [-0.39, 0.29) is 21.1 Å². The molecule has 5 heteroatoms. The molecular formula is C29H22N4Pt. The van der Waals surface area contributed by atoms with Crippen molar-refractivity contribution >= 4 is 21.8 Å². The van der Waals surface area contributed by atoms with Gasteiger partial charge in [0.1, 0.15) is 0 Å². The van der Waals surface area contributed by atoms with Crippen LogP contribution in [0, 0.1) is 12.1 Å². The molecule has 2 aromatic heterocycles. The molecule has 0 spiro atoms. The van der Waals surface area contributed by atoms with Crippen LogP contribution in [0.5, 0.6) is 0 Å². The standard InChI is InChI=1S/C29H22N4.Pt/c1-29(2,27-23-17-9-11-19-25(23)32(30-27)21-13-5-3-6-14-21)28-24-18-10-12-20-26(24)33(31-28)22-15-7-4-8-16-22;/h3-13,15,17-20H,1-2H3;/q-2;+2. The second-order valence-electron chi connectivity index (χ2n) is 8.68. The van der Waals surface area contributed by atoms with Gasteiger partial charge in [-0.3, -0.25) is 9.36 Å². The molecule has 0 atom stereocenters. The van der Waals surface area contributed by atoms with Gasteiger partial charge in [-0.25, -0.2) is 0 Å². The van der Waals surface area contributed by atoms with Crippen molar-refractivity contribution < 1.29 is 21.1 Å². The summed E-state index contributed by atoms with van der Waals surface area (Å²) < 4.78 is 3.97. The maximum Gasteiger partial charge on any atom is 2.00 e. The molecule has 6 aromatic rings. The van der Waals surface area contributed by atoms with Gasteiger partial charge in [0, 0.05) is 10.8 Å². The Morgan fingerprint density at radius 2 is 1.00 bits per heavy atom. The molecule has 0 fully saturated rings. The molecule has 0 saturated heterocycles. The van der Waals surface area contributed by atoms with Crippen molar-refractivity contribution in [2.75, 3.05) is 0 Å². The molecule has 0 radical (unpaired) electrons. The molecule has 0 unspecified atom stereocenters. The van der Waals surface area contributed by atoms with Crippen LogP contribution in [0.1, 0.15) is 25.2 Å². The number of hydrogen-bond donors (Lipinski definition) is 0. The van der Waals surface area contributed by atoms with Crippen LogP contribution in [0.4, 0.5) is 0 Å². The van der Waals surface area contributed by atoms with Gasteiger partial charge in [-0.05, 0) is 37.4 Å². The van der Waals surface area contributed by atoms with Crippen molar-refractivity contribution in [3.05, 3.63) is 121 Å². The van der Waals surface area contributed by atoms with Crippen LogP contribution in [0.2, 0.25) is 0 Å². The Hall–Kier alpha value is -3.49. The first-order chi connectivity index (χ1) is 16.1. The van der Waals surface area contributed by atoms with Crippen molar-refractivity contribution in [3.63, 3.8) is 0 Å². The van der Waals surface area contributed by atoms with Gasteiger partial charge in [-0.2, -0.15) is 58.7 Å². The maximum atomic E-state index is 5.12. The van der Waals surface area contributed by atoms with Gasteiger partial charge in [0.25, 0.3) is 0 Å². The van der Waals surface area contributed by atoms with E-state index in [9.17, 15) is 0 Å². The van der Waals surface area contributed by atoms with E-state index in [1.807, 2.05) is 57.9 Å². The van der Waals surface area contributed by atoms with Crippen LogP contribution < -0.4 is 0 Å². The summed E-state index contributed by atoms with van der Waals surface area (Å²) in [6.45, 7) is 4.41. The topological polar surface area (TPSA) is 35.6 Å². The van der Waals surface area contributed by atoms with Crippen LogP contribution >= 0.6 is 0 Å². The number of aromatic nitrogens is 4. The Balaban J connectivity index is 0.00000241. The number of para-hydroxylation sites is 4. The molecule has 0 amide bonds. The van der Waals surface area contributed by atoms with Crippen molar-refractivity contribution in [1.29, 1.82) is 0 Å². The van der Waals surface area contributed by atoms with E-state index in [1.165, 1.54) is 0 Å². The monoisotopic (exact) mass is 621 g/mol. The van der Waals surface area contributed by atoms with E-state index in [4.69, 9.17) is 10.2 Å². The summed E-state index contributed by atoms with van der Waals surface area (Å²) in [5.41, 5.74) is 5.49. The molecule has 0 saturated carbocycles. The number of rotatable bonds is 4. The van der Waals surface area contributed by atoms with Crippen LogP contribution in [-0.4, -0.2) is 19.6 Å². The smallest absolute Gasteiger partial charge is 0.257 e. The Bertz CT molecular complexity index is 1460. The molecule has 4 aromatic carbocycles. The third-order valence-electron chi connectivity index (χ3n) is 6.20. The first kappa shape index (κ1) is 22.3. The molecule has 2 heterocycles. The SMILES string of the molecule is CC(C)(c1nn(-c2[c-]cccc2)c2ccccc12)c1nn(-c2[c-]cccc2)c2ccccc12.[Pt+2]. The second-order valence-corrected chi connectivity index (χ2v) is 8.68. The Labute approximate surface area is 213 Å². The van der Waals surface area contributed by atoms with Gasteiger partial charge >= 0.3 is 21.1 Å². The molecule has 0 aliphatic heterocycles. The third kappa shape index (κ3) is 3.50. The molecule has 4 nitrogen and oxygen atoms in total. The molecule has 0 aliphatic rings. The summed E-state index contributed by atoms with van der Waals surface area (Å²) >= 11 is 0. The zero-order chi connectivity index (χ0) is 22.4. The third-order valence-corrected chi connectivity index (χ3v) is 6.20. The predicted octanol–water partition coefficient (Wildman–Crippen LogP) is 6.29. The summed E-state index contributed by atoms with van der Waals surface area (Å²) in [6, 6.07) is 39.2. The van der Waals surface area contributed by atoms with Crippen LogP contribution in [0.3, 0.4) is 0 Å². The Kier molecular flexibility index (Phi) is 5.71. The fourth-order valence-electron chi connectivity index (χ4n) is 4.57. The maximum absolute atomic E-state index is 5.12. The summed E-state index contributed by atoms with van der Waals surface area (Å²) in [7, 11) is 0. The summed E-state index contributed by atoms with van der Waals surface area (Å²) in [6.07, 6.45) is 0. The summed E-state index contributed by atoms with van der Waals surface area (Å²) in [4.78, 5) is 0. The second kappa shape index (κ2) is 8.70. The quantitative estimate of drug-likeness (QED) is 0.217. The van der Waals surface area contributed by atoms with Crippen molar-refractivity contribution in [1.82, 2.24) is 19.6 Å². The minimum atomic E-state index is -0.445. The van der Waals surface area contributed by atoms with E-state index in [2.05, 4.69) is 74.5 Å². The van der Waals surface area contributed by atoms with Gasteiger partial charge in [0.2, 0.25) is 0 Å². The zero-order valence-corrected chi connectivity index (χ0v) is 21.1. The zero-order valence-electron chi connectivity index (χ0n) is 18.8. The minimum absolute atomic E-state index is 0. The Morgan fingerprint density at radius 3 is 1.41 bits per heavy atom. The van der Waals surface area contributed by atoms with Crippen LogP contribution in [0.15, 0.2) is 97.1 Å². The molecule has 34 heavy (non-hydrogen) atoms. The fourth-order valence-corrected chi connectivity index (χ4v) is 4.57. The molecule has 0 N–H and O–H groups in total. The minimum Gasteiger partial charge on any atom is -0.257 e. The van der Waals surface area contributed by atoms with Crippen molar-refractivity contribution in [2.24, 2.45) is 0 Å². The largest absolute Gasteiger partial charge is 2.00 e. The van der Waals surface area contributed by atoms with Crippen LogP contribution in [-0.2, 0) is 26.5 Å². The number of fused-ring (bicyclic) bond motifs is 2. The number of benzene rings is 4. The molecule has 0 aliphatic carbocycles. The molecule has 6 rings (SSSR count).